The van der Waals surface area contributed by atoms with Crippen LogP contribution in [0.5, 0.6) is 0 Å². The molecule has 1 saturated carbocycles. The second-order valence-corrected chi connectivity index (χ2v) is 6.19. The first-order valence-corrected chi connectivity index (χ1v) is 8.10. The molecule has 4 rings (SSSR count). The lowest BCUT2D eigenvalue weighted by molar-refractivity contribution is -0.00595. The van der Waals surface area contributed by atoms with E-state index in [0.29, 0.717) is 6.42 Å². The Morgan fingerprint density at radius 1 is 1.32 bits per heavy atom. The van der Waals surface area contributed by atoms with E-state index in [4.69, 9.17) is 0 Å². The monoisotopic (exact) mass is 338 g/mol. The van der Waals surface area contributed by atoms with Crippen LogP contribution < -0.4 is 5.32 Å². The number of aliphatic hydroxyl groups excluding tert-OH is 1. The predicted octanol–water partition coefficient (Wildman–Crippen LogP) is 0.877. The van der Waals surface area contributed by atoms with E-state index in [0.717, 1.165) is 11.3 Å². The molecule has 8 heteroatoms. The summed E-state index contributed by atoms with van der Waals surface area (Å²) in [7, 11) is 0. The fourth-order valence-electron chi connectivity index (χ4n) is 3.12. The number of rotatable bonds is 4. The molecule has 1 aromatic carbocycles. The highest BCUT2D eigenvalue weighted by molar-refractivity contribution is 5.92. The molecule has 25 heavy (non-hydrogen) atoms. The van der Waals surface area contributed by atoms with E-state index in [1.807, 2.05) is 31.2 Å². The first-order valence-electron chi connectivity index (χ1n) is 8.10. The van der Waals surface area contributed by atoms with Crippen molar-refractivity contribution in [3.8, 4) is 5.69 Å². The zero-order valence-corrected chi connectivity index (χ0v) is 13.6. The zero-order chi connectivity index (χ0) is 17.4. The Hall–Kier alpha value is -3.00. The smallest absolute Gasteiger partial charge is 0.273 e. The fraction of sp³-hybridized carbons (Fsp3) is 0.294. The lowest BCUT2D eigenvalue weighted by Crippen LogP contribution is -2.56. The van der Waals surface area contributed by atoms with Gasteiger partial charge in [-0.3, -0.25) is 9.48 Å². The molecule has 3 atom stereocenters. The molecule has 0 bridgehead atoms. The van der Waals surface area contributed by atoms with Gasteiger partial charge >= 0.3 is 0 Å². The maximum Gasteiger partial charge on any atom is 0.273 e. The van der Waals surface area contributed by atoms with Crippen LogP contribution in [0.2, 0.25) is 0 Å². The van der Waals surface area contributed by atoms with Gasteiger partial charge in [-0.2, -0.15) is 5.10 Å². The number of carbonyl (C=O) groups excluding carboxylic acids is 1. The summed E-state index contributed by atoms with van der Waals surface area (Å²) < 4.78 is 3.26. The van der Waals surface area contributed by atoms with Gasteiger partial charge in [0.15, 0.2) is 5.69 Å². The van der Waals surface area contributed by atoms with Crippen molar-refractivity contribution >= 4 is 5.91 Å². The Balaban J connectivity index is 1.48. The molecular weight excluding hydrogens is 320 g/mol. The van der Waals surface area contributed by atoms with Crippen LogP contribution in [-0.2, 0) is 0 Å². The average Bonchev–Trinajstić information content (AvgIpc) is 3.26. The summed E-state index contributed by atoms with van der Waals surface area (Å²) in [5, 5.41) is 25.0. The average molecular weight is 338 g/mol. The number of benzene rings is 1. The number of para-hydroxylation sites is 1. The third-order valence-electron chi connectivity index (χ3n) is 4.54. The van der Waals surface area contributed by atoms with Crippen LogP contribution in [-0.4, -0.2) is 47.9 Å². The van der Waals surface area contributed by atoms with Gasteiger partial charge in [0.1, 0.15) is 0 Å². The Morgan fingerprint density at radius 2 is 2.16 bits per heavy atom. The normalized spacial score (nSPS) is 22.4. The van der Waals surface area contributed by atoms with E-state index in [1.54, 1.807) is 34.0 Å². The predicted molar refractivity (Wildman–Crippen MR) is 89.2 cm³/mol. The molecule has 0 saturated heterocycles. The van der Waals surface area contributed by atoms with Crippen molar-refractivity contribution in [2.45, 2.75) is 31.5 Å². The van der Waals surface area contributed by atoms with Gasteiger partial charge < -0.3 is 10.4 Å². The third kappa shape index (κ3) is 2.80. The highest BCUT2D eigenvalue weighted by atomic mass is 16.3. The van der Waals surface area contributed by atoms with Crippen LogP contribution in [0.4, 0.5) is 0 Å². The van der Waals surface area contributed by atoms with E-state index < -0.39 is 6.10 Å². The largest absolute Gasteiger partial charge is 0.391 e. The molecule has 0 aliphatic heterocycles. The van der Waals surface area contributed by atoms with Crippen molar-refractivity contribution < 1.29 is 9.90 Å². The maximum absolute atomic E-state index is 12.5. The van der Waals surface area contributed by atoms with E-state index >= 15 is 0 Å². The van der Waals surface area contributed by atoms with Crippen LogP contribution >= 0.6 is 0 Å². The second kappa shape index (κ2) is 6.14. The lowest BCUT2D eigenvalue weighted by Gasteiger charge is -2.41. The molecule has 128 valence electrons. The third-order valence-corrected chi connectivity index (χ3v) is 4.54. The summed E-state index contributed by atoms with van der Waals surface area (Å²) in [5.74, 6) is -0.311. The fourth-order valence-corrected chi connectivity index (χ4v) is 3.12. The van der Waals surface area contributed by atoms with Crippen LogP contribution in [0.3, 0.4) is 0 Å². The minimum atomic E-state index is -0.521. The van der Waals surface area contributed by atoms with Gasteiger partial charge in [-0.1, -0.05) is 23.4 Å². The Labute approximate surface area is 144 Å². The quantitative estimate of drug-likeness (QED) is 0.736. The molecule has 1 fully saturated rings. The number of aryl methyl sites for hydroxylation is 1. The number of aromatic nitrogens is 5. The summed E-state index contributed by atoms with van der Waals surface area (Å²) in [4.78, 5) is 12.5. The highest BCUT2D eigenvalue weighted by Crippen LogP contribution is 2.32. The number of nitrogens with zero attached hydrogens (tertiary/aromatic N) is 5. The van der Waals surface area contributed by atoms with E-state index in [1.165, 1.54) is 0 Å². The van der Waals surface area contributed by atoms with E-state index in [9.17, 15) is 9.90 Å². The summed E-state index contributed by atoms with van der Waals surface area (Å²) >= 11 is 0. The van der Waals surface area contributed by atoms with Crippen molar-refractivity contribution in [2.75, 3.05) is 0 Å². The number of amides is 1. The van der Waals surface area contributed by atoms with Gasteiger partial charge in [0, 0.05) is 12.4 Å². The summed E-state index contributed by atoms with van der Waals surface area (Å²) in [6.45, 7) is 1.97. The van der Waals surface area contributed by atoms with Gasteiger partial charge in [-0.05, 0) is 31.0 Å². The topological polar surface area (TPSA) is 97.9 Å². The zero-order valence-electron chi connectivity index (χ0n) is 13.6. The Morgan fingerprint density at radius 3 is 2.88 bits per heavy atom. The number of carbonyl (C=O) groups is 1. The second-order valence-electron chi connectivity index (χ2n) is 6.19. The van der Waals surface area contributed by atoms with Crippen molar-refractivity contribution in [3.05, 3.63) is 60.2 Å². The first-order chi connectivity index (χ1) is 12.1. The van der Waals surface area contributed by atoms with Crippen LogP contribution in [0.15, 0.2) is 48.9 Å². The molecule has 1 aliphatic carbocycles. The van der Waals surface area contributed by atoms with Gasteiger partial charge in [0.25, 0.3) is 5.91 Å². The van der Waals surface area contributed by atoms with Gasteiger partial charge in [0.2, 0.25) is 0 Å². The Kier molecular flexibility index (Phi) is 3.81. The van der Waals surface area contributed by atoms with E-state index in [2.05, 4.69) is 20.7 Å². The van der Waals surface area contributed by atoms with Crippen molar-refractivity contribution in [3.63, 3.8) is 0 Å². The minimum Gasteiger partial charge on any atom is -0.391 e. The van der Waals surface area contributed by atoms with E-state index in [-0.39, 0.29) is 23.7 Å². The van der Waals surface area contributed by atoms with Crippen LogP contribution in [0.1, 0.15) is 28.5 Å². The molecule has 3 aromatic rings. The number of hydrogen-bond donors (Lipinski definition) is 2. The van der Waals surface area contributed by atoms with Gasteiger partial charge in [-0.25, -0.2) is 4.68 Å². The van der Waals surface area contributed by atoms with Crippen LogP contribution in [0.25, 0.3) is 5.69 Å². The summed E-state index contributed by atoms with van der Waals surface area (Å²) in [5.41, 5.74) is 2.16. The van der Waals surface area contributed by atoms with Gasteiger partial charge in [-0.15, -0.1) is 5.10 Å². The van der Waals surface area contributed by atoms with Crippen LogP contribution in [0, 0.1) is 6.92 Å². The summed E-state index contributed by atoms with van der Waals surface area (Å²) in [6.07, 6.45) is 5.00. The molecule has 1 aliphatic rings. The summed E-state index contributed by atoms with van der Waals surface area (Å²) in [6, 6.07) is 9.09. The molecule has 0 unspecified atom stereocenters. The molecule has 0 radical (unpaired) electrons. The molecule has 2 aromatic heterocycles. The number of aliphatic hydroxyl groups is 1. The molecule has 0 spiro atoms. The number of hydrogen-bond acceptors (Lipinski definition) is 5. The van der Waals surface area contributed by atoms with Crippen molar-refractivity contribution in [1.82, 2.24) is 30.1 Å². The standard InChI is InChI=1S/C17H18N6O2/c1-11-5-2-3-6-14(11)23-10-13(20-21-23)17(25)19-12-9-15(24)16(12)22-8-4-7-18-22/h2-8,10,12,15-16,24H,9H2,1H3,(H,19,25)/t12-,15+,16+/m0/s1. The molecule has 2 heterocycles. The molecule has 1 amide bonds. The lowest BCUT2D eigenvalue weighted by atomic mass is 9.83. The van der Waals surface area contributed by atoms with Crippen molar-refractivity contribution in [2.24, 2.45) is 0 Å². The Bertz CT molecular complexity index is 888. The first kappa shape index (κ1) is 15.5. The molecule has 8 nitrogen and oxygen atoms in total. The van der Waals surface area contributed by atoms with Crippen molar-refractivity contribution in [1.29, 1.82) is 0 Å². The number of nitrogens with one attached hydrogen (secondary N) is 1. The SMILES string of the molecule is Cc1ccccc1-n1cc(C(=O)N[C@H]2C[C@@H](O)[C@@H]2n2cccn2)nn1. The minimum absolute atomic E-state index is 0.189. The molecular formula is C17H18N6O2. The molecule has 2 N–H and O–H groups in total. The maximum atomic E-state index is 12.5. The van der Waals surface area contributed by atoms with Gasteiger partial charge in [0.05, 0.1) is 30.1 Å². The highest BCUT2D eigenvalue weighted by Gasteiger charge is 2.42.